The van der Waals surface area contributed by atoms with Gasteiger partial charge in [-0.15, -0.1) is 0 Å². The van der Waals surface area contributed by atoms with Crippen LogP contribution in [0.5, 0.6) is 0 Å². The topological polar surface area (TPSA) is 37.8 Å². The van der Waals surface area contributed by atoms with Gasteiger partial charge in [-0.05, 0) is 104 Å². The average Bonchev–Trinajstić information content (AvgIpc) is 3.98. The second-order valence-electron chi connectivity index (χ2n) is 19.1. The largest absolute Gasteiger partial charge is 0.308 e. The zero-order chi connectivity index (χ0) is 41.1. The van der Waals surface area contributed by atoms with E-state index in [1.54, 1.807) is 0 Å². The Hall–Kier alpha value is -7.24. The van der Waals surface area contributed by atoms with Crippen LogP contribution in [0, 0.1) is 0 Å². The third kappa shape index (κ3) is 4.61. The molecule has 0 amide bonds. The van der Waals surface area contributed by atoms with Crippen molar-refractivity contribution in [2.75, 3.05) is 4.90 Å². The second kappa shape index (κ2) is 11.7. The van der Waals surface area contributed by atoms with E-state index in [0.29, 0.717) is 0 Å². The Morgan fingerprint density at radius 3 is 1.64 bits per heavy atom. The molecule has 0 saturated heterocycles. The molecule has 0 saturated carbocycles. The summed E-state index contributed by atoms with van der Waals surface area (Å²) in [5.41, 5.74) is 14.0. The molecule has 61 heavy (non-hydrogen) atoms. The van der Waals surface area contributed by atoms with E-state index >= 15 is 0 Å². The molecule has 0 atom stereocenters. The van der Waals surface area contributed by atoms with Crippen LogP contribution in [0.3, 0.4) is 0 Å². The van der Waals surface area contributed by atoms with Gasteiger partial charge in [0.05, 0.1) is 27.8 Å². The van der Waals surface area contributed by atoms with Gasteiger partial charge in [0, 0.05) is 43.7 Å². The first kappa shape index (κ1) is 34.6. The minimum atomic E-state index is -0.107. The smallest absolute Gasteiger partial charge is 0.165 e. The van der Waals surface area contributed by atoms with Crippen LogP contribution >= 0.6 is 0 Å². The number of anilines is 3. The van der Waals surface area contributed by atoms with Crippen molar-refractivity contribution in [1.29, 1.82) is 0 Å². The van der Waals surface area contributed by atoms with Gasteiger partial charge in [-0.2, -0.15) is 0 Å². The van der Waals surface area contributed by atoms with Gasteiger partial charge in [0.25, 0.3) is 0 Å². The number of rotatable bonds is 3. The summed E-state index contributed by atoms with van der Waals surface area (Å²) < 4.78 is 4.86. The van der Waals surface area contributed by atoms with Crippen molar-refractivity contribution in [3.05, 3.63) is 163 Å². The van der Waals surface area contributed by atoms with Crippen LogP contribution in [-0.4, -0.2) is 18.8 Å². The van der Waals surface area contributed by atoms with Gasteiger partial charge < -0.3 is 4.90 Å². The first-order valence-electron chi connectivity index (χ1n) is 21.4. The summed E-state index contributed by atoms with van der Waals surface area (Å²) >= 11 is 0. The molecule has 0 spiro atoms. The van der Waals surface area contributed by atoms with Crippen molar-refractivity contribution in [3.8, 4) is 0 Å². The first-order valence-corrected chi connectivity index (χ1v) is 21.4. The highest BCUT2D eigenvalue weighted by molar-refractivity contribution is 6.33. The molecule has 13 aromatic rings. The summed E-state index contributed by atoms with van der Waals surface area (Å²) in [6, 6.07) is 55.8. The molecule has 0 aliphatic heterocycles. The van der Waals surface area contributed by atoms with Gasteiger partial charge in [0.2, 0.25) is 0 Å². The lowest BCUT2D eigenvalue weighted by molar-refractivity contribution is 0.591. The highest BCUT2D eigenvalue weighted by atomic mass is 15.2. The van der Waals surface area contributed by atoms with E-state index in [1.807, 2.05) is 0 Å². The van der Waals surface area contributed by atoms with Crippen molar-refractivity contribution in [2.45, 2.75) is 52.4 Å². The van der Waals surface area contributed by atoms with Crippen molar-refractivity contribution in [2.24, 2.45) is 0 Å². The number of nitrogens with zero attached hydrogens (tertiary/aromatic N) is 5. The molecule has 5 heteroatoms. The number of para-hydroxylation sites is 2. The average molecular weight is 786 g/mol. The van der Waals surface area contributed by atoms with E-state index in [9.17, 15) is 0 Å². The van der Waals surface area contributed by atoms with Crippen LogP contribution in [0.2, 0.25) is 0 Å². The monoisotopic (exact) mass is 785 g/mol. The number of benzene rings is 8. The maximum absolute atomic E-state index is 5.89. The minimum absolute atomic E-state index is 0.0768. The quantitative estimate of drug-likeness (QED) is 0.179. The van der Waals surface area contributed by atoms with E-state index in [2.05, 4.69) is 207 Å². The Morgan fingerprint density at radius 2 is 0.951 bits per heavy atom. The Morgan fingerprint density at radius 1 is 0.410 bits per heavy atom. The zero-order valence-electron chi connectivity index (χ0n) is 35.2. The van der Waals surface area contributed by atoms with Crippen LogP contribution in [0.1, 0.15) is 52.7 Å². The maximum Gasteiger partial charge on any atom is 0.165 e. The molecule has 0 radical (unpaired) electrons. The molecule has 5 heterocycles. The summed E-state index contributed by atoms with van der Waals surface area (Å²) in [5.74, 6) is 0. The molecule has 8 aromatic carbocycles. The highest BCUT2D eigenvalue weighted by Crippen LogP contribution is 2.50. The standard InChI is InChI=1S/C56H43N5/c1-55(2,3)34-29-42-46-38-23-15-13-17-32(38)25-26-44(46)60-50(42)43(30-34)48-53(60)58-49-47-39-24-16-14-18-33(39)27-40-41-28-35(56(4,5)6)31-45(51(41)61(52(40)47)54(49)57-48)59(36-19-9-7-10-20-36)37-21-11-8-12-22-37/h7-31H,1-6H3. The molecule has 0 bridgehead atoms. The van der Waals surface area contributed by atoms with Gasteiger partial charge in [-0.3, -0.25) is 8.80 Å². The highest BCUT2D eigenvalue weighted by Gasteiger charge is 2.31. The Bertz CT molecular complexity index is 3900. The fraction of sp³-hybridized carbons (Fsp3) is 0.143. The van der Waals surface area contributed by atoms with Gasteiger partial charge in [-0.25, -0.2) is 9.97 Å². The lowest BCUT2D eigenvalue weighted by Gasteiger charge is -2.29. The summed E-state index contributed by atoms with van der Waals surface area (Å²) in [5, 5.41) is 12.2. The summed E-state index contributed by atoms with van der Waals surface area (Å²) in [4.78, 5) is 14.2. The Balaban J connectivity index is 1.28. The molecule has 13 rings (SSSR count). The number of hydrogen-bond donors (Lipinski definition) is 0. The van der Waals surface area contributed by atoms with Crippen molar-refractivity contribution >= 4 is 115 Å². The van der Waals surface area contributed by atoms with Crippen molar-refractivity contribution in [3.63, 3.8) is 0 Å². The van der Waals surface area contributed by atoms with E-state index < -0.39 is 0 Å². The molecule has 0 N–H and O–H groups in total. The Kier molecular flexibility index (Phi) is 6.66. The molecule has 0 unspecified atom stereocenters. The van der Waals surface area contributed by atoms with Gasteiger partial charge in [0.1, 0.15) is 11.0 Å². The number of hydrogen-bond acceptors (Lipinski definition) is 3. The number of aromatic nitrogens is 4. The van der Waals surface area contributed by atoms with Gasteiger partial charge >= 0.3 is 0 Å². The maximum atomic E-state index is 5.89. The van der Waals surface area contributed by atoms with Crippen LogP contribution in [0.25, 0.3) is 98.3 Å². The predicted molar refractivity (Wildman–Crippen MR) is 258 cm³/mol. The summed E-state index contributed by atoms with van der Waals surface area (Å²) in [7, 11) is 0. The third-order valence-electron chi connectivity index (χ3n) is 13.4. The SMILES string of the molecule is CC(C)(C)c1cc(N(c2ccccc2)c2ccccc2)c2c(c1)c1cc3ccccc3c3c4nc5c(nc4n2c13)c1cc(C(C)(C)C)cc2c3c4ccccc4ccc3n5c12. The van der Waals surface area contributed by atoms with Gasteiger partial charge in [0.15, 0.2) is 11.3 Å². The van der Waals surface area contributed by atoms with Crippen LogP contribution in [0.15, 0.2) is 152 Å². The molecular weight excluding hydrogens is 743 g/mol. The molecule has 0 aliphatic rings. The van der Waals surface area contributed by atoms with Crippen LogP contribution in [-0.2, 0) is 10.8 Å². The normalized spacial score (nSPS) is 13.1. The molecule has 5 nitrogen and oxygen atoms in total. The van der Waals surface area contributed by atoms with Crippen LogP contribution < -0.4 is 4.90 Å². The van der Waals surface area contributed by atoms with E-state index in [0.717, 1.165) is 61.2 Å². The zero-order valence-corrected chi connectivity index (χ0v) is 35.2. The molecule has 0 aliphatic carbocycles. The first-order chi connectivity index (χ1) is 29.5. The fourth-order valence-corrected chi connectivity index (χ4v) is 10.4. The van der Waals surface area contributed by atoms with E-state index in [-0.39, 0.29) is 10.8 Å². The number of fused-ring (bicyclic) bond motifs is 16. The third-order valence-corrected chi connectivity index (χ3v) is 13.4. The Labute approximate surface area is 352 Å². The molecule has 5 aromatic heterocycles. The molecular formula is C56H43N5. The predicted octanol–water partition coefficient (Wildman–Crippen LogP) is 15.1. The van der Waals surface area contributed by atoms with Crippen molar-refractivity contribution < 1.29 is 0 Å². The van der Waals surface area contributed by atoms with Crippen molar-refractivity contribution in [1.82, 2.24) is 18.8 Å². The van der Waals surface area contributed by atoms with Gasteiger partial charge in [-0.1, -0.05) is 133 Å². The van der Waals surface area contributed by atoms with E-state index in [4.69, 9.17) is 9.97 Å². The van der Waals surface area contributed by atoms with E-state index in [1.165, 1.54) is 65.3 Å². The minimum Gasteiger partial charge on any atom is -0.308 e. The van der Waals surface area contributed by atoms with Crippen LogP contribution in [0.4, 0.5) is 17.1 Å². The lowest BCUT2D eigenvalue weighted by atomic mass is 9.85. The second-order valence-corrected chi connectivity index (χ2v) is 19.1. The summed E-state index contributed by atoms with van der Waals surface area (Å²) in [6.07, 6.45) is 0. The summed E-state index contributed by atoms with van der Waals surface area (Å²) in [6.45, 7) is 13.9. The lowest BCUT2D eigenvalue weighted by Crippen LogP contribution is -2.15. The molecule has 0 fully saturated rings. The molecule has 292 valence electrons. The fourth-order valence-electron chi connectivity index (χ4n) is 10.4.